The highest BCUT2D eigenvalue weighted by Gasteiger charge is 2.46. The first-order valence-corrected chi connectivity index (χ1v) is 9.88. The maximum Gasteiger partial charge on any atom is 0.199 e. The van der Waals surface area contributed by atoms with E-state index in [4.69, 9.17) is 9.78 Å². The van der Waals surface area contributed by atoms with Crippen LogP contribution in [0.25, 0.3) is 0 Å². The molecule has 2 aliphatic heterocycles. The highest BCUT2D eigenvalue weighted by atomic mass is 127. The van der Waals surface area contributed by atoms with Gasteiger partial charge < -0.3 is 4.89 Å². The van der Waals surface area contributed by atoms with Gasteiger partial charge in [-0.3, -0.25) is 4.90 Å². The van der Waals surface area contributed by atoms with Gasteiger partial charge in [-0.25, -0.2) is 0 Å². The molecule has 4 rings (SSSR count). The molecular formula is C21H22INO2. The summed E-state index contributed by atoms with van der Waals surface area (Å²) in [6.07, 6.45) is 7.19. The SMILES string of the molecule is IC1(CN2CCCCC2(c2ccccc2)c2ccccc2)C=COO1. The molecule has 2 aliphatic rings. The largest absolute Gasteiger partial charge is 0.344 e. The molecular weight excluding hydrogens is 425 g/mol. The fraction of sp³-hybridized carbons (Fsp3) is 0.333. The summed E-state index contributed by atoms with van der Waals surface area (Å²) in [5.74, 6) is 0. The normalized spacial score (nSPS) is 25.6. The Morgan fingerprint density at radius 1 is 0.920 bits per heavy atom. The van der Waals surface area contributed by atoms with Gasteiger partial charge in [0.1, 0.15) is 6.26 Å². The van der Waals surface area contributed by atoms with Gasteiger partial charge in [0.15, 0.2) is 3.61 Å². The lowest BCUT2D eigenvalue weighted by molar-refractivity contribution is -0.262. The van der Waals surface area contributed by atoms with E-state index < -0.39 is 3.61 Å². The van der Waals surface area contributed by atoms with E-state index in [1.165, 1.54) is 24.0 Å². The van der Waals surface area contributed by atoms with Crippen molar-refractivity contribution >= 4 is 22.6 Å². The second-order valence-electron chi connectivity index (χ2n) is 6.74. The van der Waals surface area contributed by atoms with Crippen LogP contribution in [-0.4, -0.2) is 21.6 Å². The van der Waals surface area contributed by atoms with Crippen molar-refractivity contribution in [1.29, 1.82) is 0 Å². The van der Waals surface area contributed by atoms with Gasteiger partial charge in [-0.2, -0.15) is 4.89 Å². The Hall–Kier alpha value is -1.37. The van der Waals surface area contributed by atoms with Gasteiger partial charge in [0, 0.05) is 12.6 Å². The third kappa shape index (κ3) is 3.23. The lowest BCUT2D eigenvalue weighted by Crippen LogP contribution is -2.54. The topological polar surface area (TPSA) is 21.7 Å². The second-order valence-corrected chi connectivity index (χ2v) is 8.57. The summed E-state index contributed by atoms with van der Waals surface area (Å²) >= 11 is 2.35. The minimum atomic E-state index is -0.441. The molecule has 4 heteroatoms. The lowest BCUT2D eigenvalue weighted by atomic mass is 9.75. The van der Waals surface area contributed by atoms with E-state index in [0.717, 1.165) is 19.5 Å². The molecule has 0 saturated carbocycles. The molecule has 0 N–H and O–H groups in total. The molecule has 0 radical (unpaired) electrons. The molecule has 0 bridgehead atoms. The van der Waals surface area contributed by atoms with Crippen LogP contribution < -0.4 is 0 Å². The molecule has 0 aromatic heterocycles. The summed E-state index contributed by atoms with van der Waals surface area (Å²) in [7, 11) is 0. The van der Waals surface area contributed by atoms with Gasteiger partial charge >= 0.3 is 0 Å². The Balaban J connectivity index is 1.81. The number of nitrogens with zero attached hydrogens (tertiary/aromatic N) is 1. The molecule has 130 valence electrons. The highest BCUT2D eigenvalue weighted by molar-refractivity contribution is 14.1. The van der Waals surface area contributed by atoms with Crippen LogP contribution in [0.1, 0.15) is 30.4 Å². The Morgan fingerprint density at radius 2 is 1.56 bits per heavy atom. The number of halogens is 1. The van der Waals surface area contributed by atoms with E-state index in [9.17, 15) is 0 Å². The third-order valence-electron chi connectivity index (χ3n) is 5.22. The second kappa shape index (κ2) is 7.09. The van der Waals surface area contributed by atoms with Gasteiger partial charge in [-0.15, -0.1) is 0 Å². The zero-order valence-corrected chi connectivity index (χ0v) is 16.3. The molecule has 0 spiro atoms. The average Bonchev–Trinajstić information content (AvgIpc) is 3.10. The quantitative estimate of drug-likeness (QED) is 0.373. The van der Waals surface area contributed by atoms with Crippen LogP contribution in [0.15, 0.2) is 73.0 Å². The number of alkyl halides is 1. The van der Waals surface area contributed by atoms with E-state index in [1.54, 1.807) is 6.26 Å². The summed E-state index contributed by atoms with van der Waals surface area (Å²) < 4.78 is -0.441. The maximum atomic E-state index is 5.54. The standard InChI is InChI=1S/C21H22INO2/c22-20(14-16-24-25-20)17-23-15-8-7-13-21(23,18-9-3-1-4-10-18)19-11-5-2-6-12-19/h1-6,9-12,14,16H,7-8,13,15,17H2. The Morgan fingerprint density at radius 3 is 2.12 bits per heavy atom. The van der Waals surface area contributed by atoms with E-state index >= 15 is 0 Å². The number of likely N-dealkylation sites (tertiary alicyclic amines) is 1. The molecule has 1 unspecified atom stereocenters. The fourth-order valence-electron chi connectivity index (χ4n) is 4.10. The monoisotopic (exact) mass is 447 g/mol. The highest BCUT2D eigenvalue weighted by Crippen LogP contribution is 2.45. The van der Waals surface area contributed by atoms with E-state index in [0.29, 0.717) is 0 Å². The number of hydrogen-bond donors (Lipinski definition) is 0. The first-order valence-electron chi connectivity index (χ1n) is 8.80. The number of hydrogen-bond acceptors (Lipinski definition) is 3. The van der Waals surface area contributed by atoms with Crippen LogP contribution >= 0.6 is 22.6 Å². The van der Waals surface area contributed by atoms with Crippen LogP contribution in [0.3, 0.4) is 0 Å². The summed E-state index contributed by atoms with van der Waals surface area (Å²) in [5, 5.41) is 0. The lowest BCUT2D eigenvalue weighted by Gasteiger charge is -2.49. The van der Waals surface area contributed by atoms with Crippen molar-refractivity contribution < 1.29 is 9.78 Å². The predicted molar refractivity (Wildman–Crippen MR) is 107 cm³/mol. The Kier molecular flexibility index (Phi) is 4.84. The maximum absolute atomic E-state index is 5.54. The molecule has 25 heavy (non-hydrogen) atoms. The average molecular weight is 447 g/mol. The fourth-order valence-corrected chi connectivity index (χ4v) is 4.76. The first-order chi connectivity index (χ1) is 12.2. The predicted octanol–water partition coefficient (Wildman–Crippen LogP) is 5.02. The van der Waals surface area contributed by atoms with Crippen LogP contribution in [0.2, 0.25) is 0 Å². The van der Waals surface area contributed by atoms with Crippen molar-refractivity contribution in [2.75, 3.05) is 13.1 Å². The third-order valence-corrected chi connectivity index (χ3v) is 6.11. The van der Waals surface area contributed by atoms with Gasteiger partial charge in [0.2, 0.25) is 0 Å². The first kappa shape index (κ1) is 17.1. The van der Waals surface area contributed by atoms with Crippen molar-refractivity contribution in [3.05, 3.63) is 84.1 Å². The van der Waals surface area contributed by atoms with E-state index in [-0.39, 0.29) is 5.54 Å². The van der Waals surface area contributed by atoms with Crippen LogP contribution in [-0.2, 0) is 15.3 Å². The molecule has 2 aromatic rings. The Bertz CT molecular complexity index is 695. The van der Waals surface area contributed by atoms with Crippen molar-refractivity contribution in [2.45, 2.75) is 28.4 Å². The minimum Gasteiger partial charge on any atom is -0.344 e. The minimum absolute atomic E-state index is 0.126. The zero-order valence-electron chi connectivity index (χ0n) is 14.1. The van der Waals surface area contributed by atoms with Crippen LogP contribution in [0.4, 0.5) is 0 Å². The number of rotatable bonds is 4. The van der Waals surface area contributed by atoms with Crippen molar-refractivity contribution in [1.82, 2.24) is 4.90 Å². The van der Waals surface area contributed by atoms with Crippen LogP contribution in [0, 0.1) is 0 Å². The molecule has 1 fully saturated rings. The van der Waals surface area contributed by atoms with Crippen molar-refractivity contribution in [2.24, 2.45) is 0 Å². The molecule has 2 aromatic carbocycles. The number of piperidine rings is 1. The molecule has 3 nitrogen and oxygen atoms in total. The van der Waals surface area contributed by atoms with Crippen molar-refractivity contribution in [3.63, 3.8) is 0 Å². The van der Waals surface area contributed by atoms with Gasteiger partial charge in [0.25, 0.3) is 0 Å². The van der Waals surface area contributed by atoms with Gasteiger partial charge in [-0.05, 0) is 59.5 Å². The van der Waals surface area contributed by atoms with Gasteiger partial charge in [0.05, 0.1) is 5.54 Å². The molecule has 2 heterocycles. The van der Waals surface area contributed by atoms with Crippen LogP contribution in [0.5, 0.6) is 0 Å². The molecule has 0 aliphatic carbocycles. The summed E-state index contributed by atoms with van der Waals surface area (Å²) in [6, 6.07) is 21.8. The summed E-state index contributed by atoms with van der Waals surface area (Å²) in [5.41, 5.74) is 2.58. The molecule has 0 amide bonds. The Labute approximate surface area is 162 Å². The summed E-state index contributed by atoms with van der Waals surface area (Å²) in [6.45, 7) is 1.83. The van der Waals surface area contributed by atoms with Crippen molar-refractivity contribution in [3.8, 4) is 0 Å². The van der Waals surface area contributed by atoms with Gasteiger partial charge in [-0.1, -0.05) is 60.7 Å². The molecule has 1 atom stereocenters. The smallest absolute Gasteiger partial charge is 0.199 e. The molecule has 1 saturated heterocycles. The zero-order chi connectivity index (χ0) is 17.2. The van der Waals surface area contributed by atoms with E-state index in [1.807, 2.05) is 6.08 Å². The summed E-state index contributed by atoms with van der Waals surface area (Å²) in [4.78, 5) is 13.2. The van der Waals surface area contributed by atoms with E-state index in [2.05, 4.69) is 88.2 Å². The number of benzene rings is 2.